The molecule has 212 valence electrons. The molecule has 2 aliphatic rings. The second-order valence-electron chi connectivity index (χ2n) is 10.5. The number of carbonyl (C=O) groups excluding carboxylic acids is 1. The van der Waals surface area contributed by atoms with Gasteiger partial charge in [-0.1, -0.05) is 6.08 Å². The van der Waals surface area contributed by atoms with E-state index in [0.29, 0.717) is 34.3 Å². The zero-order valence-corrected chi connectivity index (χ0v) is 23.7. The number of nitriles is 1. The van der Waals surface area contributed by atoms with Crippen molar-refractivity contribution < 1.29 is 9.53 Å². The largest absolute Gasteiger partial charge is 0.455 e. The standard InChI is InChI=1S/C31H31N9O2/c1-20-13-22(7-10-28(20)42-25-14-21-16-35-39(3)30(21)33-17-25)37-31-26-15-23(6-9-27(26)34-19-40(31)18-32)36-29(41)11-8-24-5-4-12-38(24)2/h6-11,13-17,24,34H,4-5,12,19H2,1-3H3,(H,36,41)/b11-8+,37-31?. The van der Waals surface area contributed by atoms with Gasteiger partial charge in [-0.05, 0) is 81.4 Å². The summed E-state index contributed by atoms with van der Waals surface area (Å²) >= 11 is 0. The van der Waals surface area contributed by atoms with Gasteiger partial charge in [-0.15, -0.1) is 0 Å². The van der Waals surface area contributed by atoms with E-state index in [1.54, 1.807) is 23.2 Å². The number of fused-ring (bicyclic) bond motifs is 2. The number of aromatic nitrogens is 3. The molecule has 4 heterocycles. The van der Waals surface area contributed by atoms with Crippen LogP contribution in [0.25, 0.3) is 11.0 Å². The quantitative estimate of drug-likeness (QED) is 0.252. The highest BCUT2D eigenvalue weighted by Crippen LogP contribution is 2.32. The summed E-state index contributed by atoms with van der Waals surface area (Å²) in [7, 11) is 3.92. The first-order valence-corrected chi connectivity index (χ1v) is 13.8. The first-order chi connectivity index (χ1) is 20.4. The Labute approximate surface area is 243 Å². The third kappa shape index (κ3) is 5.53. The van der Waals surface area contributed by atoms with E-state index in [1.807, 2.05) is 62.5 Å². The van der Waals surface area contributed by atoms with Crippen LogP contribution in [0.3, 0.4) is 0 Å². The molecular formula is C31H31N9O2. The maximum absolute atomic E-state index is 12.7. The number of hydrogen-bond acceptors (Lipinski definition) is 8. The van der Waals surface area contributed by atoms with Crippen LogP contribution in [0.1, 0.15) is 24.0 Å². The molecule has 2 N–H and O–H groups in total. The van der Waals surface area contributed by atoms with E-state index in [0.717, 1.165) is 41.7 Å². The normalized spacial score (nSPS) is 17.8. The summed E-state index contributed by atoms with van der Waals surface area (Å²) in [5.41, 5.74) is 4.50. The van der Waals surface area contributed by atoms with Crippen molar-refractivity contribution in [2.45, 2.75) is 25.8 Å². The number of pyridine rings is 1. The van der Waals surface area contributed by atoms with Gasteiger partial charge in [0.15, 0.2) is 17.7 Å². The third-order valence-electron chi connectivity index (χ3n) is 7.55. The van der Waals surface area contributed by atoms with Gasteiger partial charge in [0.25, 0.3) is 0 Å². The van der Waals surface area contributed by atoms with Crippen molar-refractivity contribution in [3.63, 3.8) is 0 Å². The van der Waals surface area contributed by atoms with Crippen molar-refractivity contribution in [3.8, 4) is 17.7 Å². The van der Waals surface area contributed by atoms with E-state index in [4.69, 9.17) is 9.73 Å². The van der Waals surface area contributed by atoms with Crippen LogP contribution >= 0.6 is 0 Å². The van der Waals surface area contributed by atoms with E-state index >= 15 is 0 Å². The molecule has 0 spiro atoms. The maximum Gasteiger partial charge on any atom is 0.248 e. The molecule has 1 atom stereocenters. The lowest BCUT2D eigenvalue weighted by atomic mass is 10.1. The minimum Gasteiger partial charge on any atom is -0.455 e. The van der Waals surface area contributed by atoms with Gasteiger partial charge in [-0.25, -0.2) is 14.9 Å². The van der Waals surface area contributed by atoms with Crippen molar-refractivity contribution in [3.05, 3.63) is 78.1 Å². The molecular weight excluding hydrogens is 530 g/mol. The fraction of sp³-hybridized carbons (Fsp3) is 0.258. The molecule has 4 aromatic rings. The van der Waals surface area contributed by atoms with Crippen LogP contribution in [0.2, 0.25) is 0 Å². The van der Waals surface area contributed by atoms with E-state index in [-0.39, 0.29) is 18.6 Å². The van der Waals surface area contributed by atoms with Crippen LogP contribution in [-0.2, 0) is 11.8 Å². The first-order valence-electron chi connectivity index (χ1n) is 13.8. The summed E-state index contributed by atoms with van der Waals surface area (Å²) in [6.07, 6.45) is 11.4. The van der Waals surface area contributed by atoms with Crippen LogP contribution in [-0.4, -0.2) is 62.6 Å². The summed E-state index contributed by atoms with van der Waals surface area (Å²) < 4.78 is 7.83. The Hall–Kier alpha value is -5.21. The van der Waals surface area contributed by atoms with Gasteiger partial charge >= 0.3 is 0 Å². The van der Waals surface area contributed by atoms with Gasteiger partial charge in [0.1, 0.15) is 18.2 Å². The van der Waals surface area contributed by atoms with Crippen molar-refractivity contribution in [1.82, 2.24) is 24.6 Å². The number of rotatable bonds is 6. The highest BCUT2D eigenvalue weighted by atomic mass is 16.5. The van der Waals surface area contributed by atoms with E-state index in [9.17, 15) is 10.1 Å². The minimum absolute atomic E-state index is 0.196. The monoisotopic (exact) mass is 561 g/mol. The van der Waals surface area contributed by atoms with Gasteiger partial charge in [0.2, 0.25) is 5.91 Å². The number of hydrogen-bond donors (Lipinski definition) is 2. The van der Waals surface area contributed by atoms with Crippen LogP contribution in [0.15, 0.2) is 72.0 Å². The number of ether oxygens (including phenoxy) is 1. The number of aryl methyl sites for hydroxylation is 2. The maximum atomic E-state index is 12.7. The lowest BCUT2D eigenvalue weighted by Gasteiger charge is -2.27. The average molecular weight is 562 g/mol. The Balaban J connectivity index is 1.23. The van der Waals surface area contributed by atoms with E-state index in [2.05, 4.69) is 38.9 Å². The topological polar surface area (TPSA) is 124 Å². The molecule has 2 aromatic carbocycles. The smallest absolute Gasteiger partial charge is 0.248 e. The zero-order valence-electron chi connectivity index (χ0n) is 23.7. The third-order valence-corrected chi connectivity index (χ3v) is 7.55. The van der Waals surface area contributed by atoms with E-state index in [1.165, 1.54) is 4.90 Å². The molecule has 0 radical (unpaired) electrons. The molecule has 1 unspecified atom stereocenters. The minimum atomic E-state index is -0.196. The summed E-state index contributed by atoms with van der Waals surface area (Å²) in [6.45, 7) is 3.27. The van der Waals surface area contributed by atoms with Crippen LogP contribution in [0, 0.1) is 18.4 Å². The van der Waals surface area contributed by atoms with Gasteiger partial charge < -0.3 is 15.4 Å². The Morgan fingerprint density at radius 2 is 2.10 bits per heavy atom. The number of aliphatic imine (C=N–C) groups is 1. The Morgan fingerprint density at radius 3 is 2.88 bits per heavy atom. The summed E-state index contributed by atoms with van der Waals surface area (Å²) in [6, 6.07) is 13.4. The van der Waals surface area contributed by atoms with E-state index < -0.39 is 0 Å². The van der Waals surface area contributed by atoms with Gasteiger partial charge in [-0.3, -0.25) is 14.4 Å². The van der Waals surface area contributed by atoms with Crippen molar-refractivity contribution in [2.24, 2.45) is 12.0 Å². The number of nitrogens with zero attached hydrogens (tertiary/aromatic N) is 7. The number of carbonyl (C=O) groups is 1. The van der Waals surface area contributed by atoms with Crippen LogP contribution in [0.4, 0.5) is 17.1 Å². The molecule has 0 bridgehead atoms. The van der Waals surface area contributed by atoms with Gasteiger partial charge in [-0.2, -0.15) is 10.4 Å². The molecule has 1 saturated heterocycles. The predicted molar refractivity (Wildman–Crippen MR) is 162 cm³/mol. The summed E-state index contributed by atoms with van der Waals surface area (Å²) in [4.78, 5) is 25.7. The van der Waals surface area contributed by atoms with Crippen LogP contribution < -0.4 is 15.4 Å². The first kappa shape index (κ1) is 27.0. The second kappa shape index (κ2) is 11.3. The molecule has 2 aliphatic heterocycles. The Morgan fingerprint density at radius 1 is 1.21 bits per heavy atom. The lowest BCUT2D eigenvalue weighted by molar-refractivity contribution is -0.111. The summed E-state index contributed by atoms with van der Waals surface area (Å²) in [5.74, 6) is 1.58. The number of likely N-dealkylation sites (tertiary alicyclic amines) is 1. The number of anilines is 2. The molecule has 0 saturated carbocycles. The van der Waals surface area contributed by atoms with Crippen molar-refractivity contribution in [2.75, 3.05) is 30.9 Å². The molecule has 6 rings (SSSR count). The Bertz CT molecular complexity index is 1770. The molecule has 11 nitrogen and oxygen atoms in total. The molecule has 2 aromatic heterocycles. The molecule has 1 fully saturated rings. The highest BCUT2D eigenvalue weighted by Gasteiger charge is 2.23. The fourth-order valence-corrected chi connectivity index (χ4v) is 5.26. The molecule has 11 heteroatoms. The number of amides is 1. The SMILES string of the molecule is Cc1cc(N=C2c3cc(NC(=O)/C=C/C4CCCN4C)ccc3NCN2C#N)ccc1Oc1cnc2c(cnn2C)c1. The fourth-order valence-electron chi connectivity index (χ4n) is 5.26. The highest BCUT2D eigenvalue weighted by molar-refractivity contribution is 6.08. The number of nitrogens with one attached hydrogen (secondary N) is 2. The van der Waals surface area contributed by atoms with Crippen molar-refractivity contribution in [1.29, 1.82) is 5.26 Å². The number of benzene rings is 2. The predicted octanol–water partition coefficient (Wildman–Crippen LogP) is 4.90. The van der Waals surface area contributed by atoms with Crippen LogP contribution in [0.5, 0.6) is 11.5 Å². The zero-order chi connectivity index (χ0) is 29.2. The lowest BCUT2D eigenvalue weighted by Crippen LogP contribution is -2.37. The molecule has 42 heavy (non-hydrogen) atoms. The van der Waals surface area contributed by atoms with Crippen molar-refractivity contribution >= 4 is 39.8 Å². The summed E-state index contributed by atoms with van der Waals surface area (Å²) in [5, 5.41) is 21.2. The average Bonchev–Trinajstić information content (AvgIpc) is 3.57. The molecule has 0 aliphatic carbocycles. The number of amidine groups is 1. The Kier molecular flexibility index (Phi) is 7.29. The van der Waals surface area contributed by atoms with Gasteiger partial charge in [0, 0.05) is 41.5 Å². The molecule has 1 amide bonds. The number of likely N-dealkylation sites (N-methyl/N-ethyl adjacent to an activating group) is 1. The van der Waals surface area contributed by atoms with Gasteiger partial charge in [0.05, 0.1) is 18.1 Å². The second-order valence-corrected chi connectivity index (χ2v) is 10.5.